The molecule has 0 unspecified atom stereocenters. The van der Waals surface area contributed by atoms with Gasteiger partial charge in [0.2, 0.25) is 0 Å². The Morgan fingerprint density at radius 3 is 2.69 bits per heavy atom. The zero-order chi connectivity index (χ0) is 22.8. The number of carbonyl (C=O) groups excluding carboxylic acids is 2. The van der Waals surface area contributed by atoms with Crippen LogP contribution in [0.2, 0.25) is 0 Å². The number of carbonyl (C=O) groups is 2. The van der Waals surface area contributed by atoms with E-state index in [0.29, 0.717) is 22.6 Å². The van der Waals surface area contributed by atoms with Crippen LogP contribution < -0.4 is 0 Å². The van der Waals surface area contributed by atoms with Crippen LogP contribution in [0.1, 0.15) is 55.4 Å². The molecule has 1 aliphatic carbocycles. The highest BCUT2D eigenvalue weighted by Gasteiger charge is 2.33. The summed E-state index contributed by atoms with van der Waals surface area (Å²) in [6, 6.07) is 11.6. The van der Waals surface area contributed by atoms with E-state index in [-0.39, 0.29) is 12.7 Å². The lowest BCUT2D eigenvalue weighted by Crippen LogP contribution is -2.36. The molecule has 0 saturated heterocycles. The first-order chi connectivity index (χ1) is 15.3. The molecule has 7 heteroatoms. The summed E-state index contributed by atoms with van der Waals surface area (Å²) < 4.78 is 12.9. The molecule has 2 heterocycles. The number of aryl methyl sites for hydroxylation is 1. The number of benzene rings is 1. The summed E-state index contributed by atoms with van der Waals surface area (Å²) in [6.07, 6.45) is 3.00. The van der Waals surface area contributed by atoms with Gasteiger partial charge in [0.05, 0.1) is 11.4 Å². The van der Waals surface area contributed by atoms with Crippen molar-refractivity contribution in [2.24, 2.45) is 17.8 Å². The second kappa shape index (κ2) is 9.45. The van der Waals surface area contributed by atoms with Crippen molar-refractivity contribution in [2.75, 3.05) is 6.61 Å². The topological polar surface area (TPSA) is 70.4 Å². The molecule has 3 atom stereocenters. The third-order valence-corrected chi connectivity index (χ3v) is 7.40. The number of fused-ring (bicyclic) bond motifs is 1. The Labute approximate surface area is 192 Å². The maximum Gasteiger partial charge on any atom is 0.348 e. The number of para-hydroxylation sites is 1. The largest absolute Gasteiger partial charge is 0.460 e. The fourth-order valence-corrected chi connectivity index (χ4v) is 5.62. The number of rotatable bonds is 6. The summed E-state index contributed by atoms with van der Waals surface area (Å²) in [5.74, 6) is 0.359. The quantitative estimate of drug-likeness (QED) is 0.456. The minimum Gasteiger partial charge on any atom is -0.460 e. The van der Waals surface area contributed by atoms with Crippen LogP contribution >= 0.6 is 11.3 Å². The van der Waals surface area contributed by atoms with Crippen LogP contribution in [-0.4, -0.2) is 34.4 Å². The Morgan fingerprint density at radius 1 is 1.22 bits per heavy atom. The lowest BCUT2D eigenvalue weighted by molar-refractivity contribution is -0.159. The third-order valence-electron chi connectivity index (χ3n) is 6.31. The molecule has 6 nitrogen and oxygen atoms in total. The van der Waals surface area contributed by atoms with Crippen molar-refractivity contribution in [3.63, 3.8) is 0 Å². The van der Waals surface area contributed by atoms with E-state index >= 15 is 0 Å². The van der Waals surface area contributed by atoms with Crippen LogP contribution in [0, 0.1) is 24.7 Å². The summed E-state index contributed by atoms with van der Waals surface area (Å²) in [4.78, 5) is 26.4. The maximum atomic E-state index is 12.6. The van der Waals surface area contributed by atoms with E-state index in [0.717, 1.165) is 40.9 Å². The molecule has 0 N–H and O–H groups in total. The predicted octanol–water partition coefficient (Wildman–Crippen LogP) is 5.56. The predicted molar refractivity (Wildman–Crippen MR) is 125 cm³/mol. The molecule has 0 aliphatic heterocycles. The molecule has 3 aromatic rings. The molecule has 0 bridgehead atoms. The molecule has 1 aromatic carbocycles. The van der Waals surface area contributed by atoms with Gasteiger partial charge in [-0.05, 0) is 55.7 Å². The van der Waals surface area contributed by atoms with Crippen LogP contribution in [0.25, 0.3) is 15.9 Å². The van der Waals surface area contributed by atoms with E-state index in [2.05, 4.69) is 25.9 Å². The van der Waals surface area contributed by atoms with Gasteiger partial charge in [0.25, 0.3) is 0 Å². The highest BCUT2D eigenvalue weighted by atomic mass is 32.1. The lowest BCUT2D eigenvalue weighted by Gasteiger charge is -2.36. The average Bonchev–Trinajstić information content (AvgIpc) is 3.33. The van der Waals surface area contributed by atoms with Crippen LogP contribution in [0.3, 0.4) is 0 Å². The zero-order valence-corrected chi connectivity index (χ0v) is 19.9. The fraction of sp³-hybridized carbons (Fsp3) is 0.480. The van der Waals surface area contributed by atoms with Crippen LogP contribution in [-0.2, 0) is 14.3 Å². The number of ether oxygens (including phenoxy) is 2. The fourth-order valence-electron chi connectivity index (χ4n) is 4.54. The van der Waals surface area contributed by atoms with Crippen molar-refractivity contribution in [2.45, 2.75) is 53.1 Å². The number of esters is 2. The van der Waals surface area contributed by atoms with Gasteiger partial charge in [0.15, 0.2) is 6.61 Å². The molecule has 2 aromatic heterocycles. The molecule has 0 amide bonds. The van der Waals surface area contributed by atoms with Gasteiger partial charge in [0.1, 0.15) is 15.8 Å². The van der Waals surface area contributed by atoms with E-state index in [4.69, 9.17) is 9.47 Å². The smallest absolute Gasteiger partial charge is 0.348 e. The summed E-state index contributed by atoms with van der Waals surface area (Å²) in [5.41, 5.74) is 1.77. The standard InChI is InChI=1S/C25H30N2O4S/c1-15(2)19-11-10-16(3)12-21(19)31-23(28)14-30-25(29)22-13-20-17(4)26-27(24(20)32-22)18-8-6-5-7-9-18/h5-9,13,15-16,19,21H,10-12,14H2,1-4H3/t16-,19-,21+/m1/s1. The van der Waals surface area contributed by atoms with E-state index in [9.17, 15) is 9.59 Å². The Balaban J connectivity index is 1.41. The third kappa shape index (κ3) is 4.72. The highest BCUT2D eigenvalue weighted by Crippen LogP contribution is 2.35. The first-order valence-electron chi connectivity index (χ1n) is 11.2. The van der Waals surface area contributed by atoms with Crippen molar-refractivity contribution in [3.8, 4) is 5.69 Å². The minimum atomic E-state index is -0.514. The van der Waals surface area contributed by atoms with E-state index < -0.39 is 11.9 Å². The summed E-state index contributed by atoms with van der Waals surface area (Å²) in [6.45, 7) is 8.07. The zero-order valence-electron chi connectivity index (χ0n) is 19.0. The van der Waals surface area contributed by atoms with Crippen molar-refractivity contribution in [1.29, 1.82) is 0 Å². The van der Waals surface area contributed by atoms with Gasteiger partial charge in [-0.25, -0.2) is 14.3 Å². The van der Waals surface area contributed by atoms with Crippen LogP contribution in [0.5, 0.6) is 0 Å². The van der Waals surface area contributed by atoms with Gasteiger partial charge < -0.3 is 9.47 Å². The number of nitrogens with zero attached hydrogens (tertiary/aromatic N) is 2. The number of hydrogen-bond acceptors (Lipinski definition) is 6. The molecule has 1 fully saturated rings. The average molecular weight is 455 g/mol. The van der Waals surface area contributed by atoms with Crippen LogP contribution in [0.15, 0.2) is 36.4 Å². The Bertz CT molecular complexity index is 1100. The number of aromatic nitrogens is 2. The normalized spacial score (nSPS) is 21.1. The van der Waals surface area contributed by atoms with E-state index in [1.165, 1.54) is 11.3 Å². The highest BCUT2D eigenvalue weighted by molar-refractivity contribution is 7.20. The Hall–Kier alpha value is -2.67. The van der Waals surface area contributed by atoms with Crippen molar-refractivity contribution < 1.29 is 19.1 Å². The van der Waals surface area contributed by atoms with Gasteiger partial charge in [-0.1, -0.05) is 45.4 Å². The number of thiophene rings is 1. The summed E-state index contributed by atoms with van der Waals surface area (Å²) in [7, 11) is 0. The SMILES string of the molecule is Cc1nn(-c2ccccc2)c2sc(C(=O)OCC(=O)O[C@H]3C[C@H](C)CC[C@@H]3C(C)C)cc12. The molecule has 1 saturated carbocycles. The molecule has 170 valence electrons. The van der Waals surface area contributed by atoms with Crippen molar-refractivity contribution in [3.05, 3.63) is 47.0 Å². The second-order valence-electron chi connectivity index (χ2n) is 9.09. The first kappa shape index (κ1) is 22.5. The Morgan fingerprint density at radius 2 is 1.97 bits per heavy atom. The second-order valence-corrected chi connectivity index (χ2v) is 10.1. The van der Waals surface area contributed by atoms with Crippen LogP contribution in [0.4, 0.5) is 0 Å². The molecular formula is C25H30N2O4S. The first-order valence-corrected chi connectivity index (χ1v) is 12.1. The molecule has 32 heavy (non-hydrogen) atoms. The van der Waals surface area contributed by atoms with Gasteiger partial charge in [-0.3, -0.25) is 0 Å². The van der Waals surface area contributed by atoms with E-state index in [1.54, 1.807) is 6.07 Å². The number of hydrogen-bond donors (Lipinski definition) is 0. The minimum absolute atomic E-state index is 0.103. The van der Waals surface area contributed by atoms with E-state index in [1.807, 2.05) is 41.9 Å². The molecule has 4 rings (SSSR count). The summed E-state index contributed by atoms with van der Waals surface area (Å²) in [5, 5.41) is 5.49. The van der Waals surface area contributed by atoms with Crippen molar-refractivity contribution in [1.82, 2.24) is 9.78 Å². The van der Waals surface area contributed by atoms with Crippen molar-refractivity contribution >= 4 is 33.5 Å². The van der Waals surface area contributed by atoms with Gasteiger partial charge in [0, 0.05) is 5.39 Å². The Kier molecular flexibility index (Phi) is 6.65. The molecular weight excluding hydrogens is 424 g/mol. The lowest BCUT2D eigenvalue weighted by atomic mass is 9.75. The molecule has 0 spiro atoms. The van der Waals surface area contributed by atoms with Gasteiger partial charge >= 0.3 is 11.9 Å². The van der Waals surface area contributed by atoms with Gasteiger partial charge in [-0.2, -0.15) is 5.10 Å². The monoisotopic (exact) mass is 454 g/mol. The molecule has 0 radical (unpaired) electrons. The molecule has 1 aliphatic rings. The summed E-state index contributed by atoms with van der Waals surface area (Å²) >= 11 is 1.31. The maximum absolute atomic E-state index is 12.6. The van der Waals surface area contributed by atoms with Gasteiger partial charge in [-0.15, -0.1) is 11.3 Å².